The summed E-state index contributed by atoms with van der Waals surface area (Å²) in [5.74, 6) is -0.417. The van der Waals surface area contributed by atoms with Gasteiger partial charge in [-0.25, -0.2) is 4.39 Å². The molecule has 0 unspecified atom stereocenters. The van der Waals surface area contributed by atoms with Crippen LogP contribution in [0.2, 0.25) is 0 Å². The number of nitro groups is 1. The first-order chi connectivity index (χ1) is 8.66. The van der Waals surface area contributed by atoms with Crippen LogP contribution in [0.5, 0.6) is 0 Å². The Hall–Kier alpha value is -2.49. The molecule has 0 aliphatic rings. The average Bonchev–Trinajstić information content (AvgIpc) is 2.37. The highest BCUT2D eigenvalue weighted by Crippen LogP contribution is 2.18. The molecule has 0 N–H and O–H groups in total. The first kappa shape index (κ1) is 12.0. The molecule has 0 saturated carbocycles. The van der Waals surface area contributed by atoms with Gasteiger partial charge in [-0.1, -0.05) is 30.3 Å². The summed E-state index contributed by atoms with van der Waals surface area (Å²) in [5.41, 5.74) is 0.901. The Labute approximate surface area is 103 Å². The van der Waals surface area contributed by atoms with Crippen molar-refractivity contribution in [2.75, 3.05) is 0 Å². The Balaban J connectivity index is 2.46. The Morgan fingerprint density at radius 1 is 1.11 bits per heavy atom. The molecule has 4 heteroatoms. The van der Waals surface area contributed by atoms with E-state index in [1.165, 1.54) is 24.3 Å². The number of hydrogen-bond donors (Lipinski definition) is 0. The van der Waals surface area contributed by atoms with Crippen LogP contribution >= 0.6 is 0 Å². The van der Waals surface area contributed by atoms with Crippen molar-refractivity contribution < 1.29 is 9.31 Å². The van der Waals surface area contributed by atoms with Gasteiger partial charge in [0.05, 0.1) is 10.5 Å². The Morgan fingerprint density at radius 2 is 1.83 bits per heavy atom. The third kappa shape index (κ3) is 2.79. The van der Waals surface area contributed by atoms with Crippen molar-refractivity contribution in [2.24, 2.45) is 0 Å². The molecule has 2 aromatic carbocycles. The fourth-order valence-corrected chi connectivity index (χ4v) is 1.60. The molecule has 2 aromatic rings. The van der Waals surface area contributed by atoms with Crippen LogP contribution in [0.25, 0.3) is 11.8 Å². The van der Waals surface area contributed by atoms with Crippen LogP contribution in [-0.4, -0.2) is 4.92 Å². The van der Waals surface area contributed by atoms with Gasteiger partial charge in [0.25, 0.3) is 5.70 Å². The van der Waals surface area contributed by atoms with Crippen LogP contribution in [0.4, 0.5) is 4.39 Å². The zero-order valence-electron chi connectivity index (χ0n) is 9.42. The van der Waals surface area contributed by atoms with Crippen LogP contribution in [-0.2, 0) is 0 Å². The monoisotopic (exact) mass is 243 g/mol. The summed E-state index contributed by atoms with van der Waals surface area (Å²) in [6.07, 6.45) is 1.36. The molecule has 0 heterocycles. The Morgan fingerprint density at radius 3 is 2.44 bits per heavy atom. The van der Waals surface area contributed by atoms with Gasteiger partial charge < -0.3 is 0 Å². The molecular weight excluding hydrogens is 233 g/mol. The second kappa shape index (κ2) is 5.23. The van der Waals surface area contributed by atoms with Gasteiger partial charge in [-0.05, 0) is 29.8 Å². The van der Waals surface area contributed by atoms with Gasteiger partial charge in [-0.15, -0.1) is 0 Å². The first-order valence-electron chi connectivity index (χ1n) is 5.34. The van der Waals surface area contributed by atoms with Crippen molar-refractivity contribution in [1.82, 2.24) is 0 Å². The van der Waals surface area contributed by atoms with E-state index in [-0.39, 0.29) is 5.70 Å². The normalized spacial score (nSPS) is 11.3. The van der Waals surface area contributed by atoms with Crippen LogP contribution in [0.1, 0.15) is 11.1 Å². The average molecular weight is 243 g/mol. The number of nitrogens with zero attached hydrogens (tertiary/aromatic N) is 1. The quantitative estimate of drug-likeness (QED) is 0.469. The fraction of sp³-hybridized carbons (Fsp3) is 0. The highest BCUT2D eigenvalue weighted by atomic mass is 19.1. The van der Waals surface area contributed by atoms with E-state index >= 15 is 0 Å². The Kier molecular flexibility index (Phi) is 3.48. The highest BCUT2D eigenvalue weighted by molar-refractivity contribution is 5.76. The minimum Gasteiger partial charge on any atom is -0.258 e. The van der Waals surface area contributed by atoms with E-state index in [2.05, 4.69) is 0 Å². The predicted molar refractivity (Wildman–Crippen MR) is 67.7 cm³/mol. The van der Waals surface area contributed by atoms with Gasteiger partial charge in [0.1, 0.15) is 5.82 Å². The SMILES string of the molecule is O=[N+]([O-])/C(=C/c1cccc(F)c1)c1ccccc1. The van der Waals surface area contributed by atoms with Crippen LogP contribution in [0.15, 0.2) is 54.6 Å². The predicted octanol–water partition coefficient (Wildman–Crippen LogP) is 3.60. The van der Waals surface area contributed by atoms with Gasteiger partial charge in [-0.2, -0.15) is 0 Å². The lowest BCUT2D eigenvalue weighted by Crippen LogP contribution is -1.97. The van der Waals surface area contributed by atoms with E-state index < -0.39 is 10.7 Å². The Bertz CT molecular complexity index is 594. The van der Waals surface area contributed by atoms with Crippen molar-refractivity contribution >= 4 is 11.8 Å². The number of benzene rings is 2. The van der Waals surface area contributed by atoms with E-state index in [1.807, 2.05) is 0 Å². The van der Waals surface area contributed by atoms with Crippen molar-refractivity contribution in [2.45, 2.75) is 0 Å². The van der Waals surface area contributed by atoms with Crippen molar-refractivity contribution in [3.63, 3.8) is 0 Å². The topological polar surface area (TPSA) is 43.1 Å². The minimum atomic E-state index is -0.472. The molecule has 0 saturated heterocycles. The molecule has 18 heavy (non-hydrogen) atoms. The molecule has 3 nitrogen and oxygen atoms in total. The van der Waals surface area contributed by atoms with E-state index in [9.17, 15) is 14.5 Å². The van der Waals surface area contributed by atoms with E-state index in [1.54, 1.807) is 36.4 Å². The maximum atomic E-state index is 13.0. The molecule has 0 fully saturated rings. The largest absolute Gasteiger partial charge is 0.277 e. The zero-order valence-corrected chi connectivity index (χ0v) is 9.42. The van der Waals surface area contributed by atoms with E-state index in [0.717, 1.165) is 0 Å². The first-order valence-corrected chi connectivity index (χ1v) is 5.34. The second-order valence-electron chi connectivity index (χ2n) is 3.71. The van der Waals surface area contributed by atoms with Crippen LogP contribution in [0, 0.1) is 15.9 Å². The molecule has 0 aliphatic carbocycles. The highest BCUT2D eigenvalue weighted by Gasteiger charge is 2.13. The van der Waals surface area contributed by atoms with Gasteiger partial charge in [-0.3, -0.25) is 10.1 Å². The third-order valence-electron chi connectivity index (χ3n) is 2.42. The molecule has 0 radical (unpaired) electrons. The molecule has 90 valence electrons. The summed E-state index contributed by atoms with van der Waals surface area (Å²) in [5, 5.41) is 11.0. The fourth-order valence-electron chi connectivity index (χ4n) is 1.60. The van der Waals surface area contributed by atoms with E-state index in [4.69, 9.17) is 0 Å². The van der Waals surface area contributed by atoms with Gasteiger partial charge in [0, 0.05) is 6.08 Å². The van der Waals surface area contributed by atoms with Crippen molar-refractivity contribution in [3.8, 4) is 0 Å². The van der Waals surface area contributed by atoms with Gasteiger partial charge >= 0.3 is 0 Å². The van der Waals surface area contributed by atoms with Crippen molar-refractivity contribution in [3.05, 3.63) is 81.7 Å². The molecule has 0 atom stereocenters. The molecule has 0 spiro atoms. The lowest BCUT2D eigenvalue weighted by molar-refractivity contribution is -0.374. The minimum absolute atomic E-state index is 0.0544. The molecule has 2 rings (SSSR count). The zero-order chi connectivity index (χ0) is 13.0. The summed E-state index contributed by atoms with van der Waals surface area (Å²) in [7, 11) is 0. The summed E-state index contributed by atoms with van der Waals surface area (Å²) >= 11 is 0. The van der Waals surface area contributed by atoms with Crippen LogP contribution in [0.3, 0.4) is 0 Å². The van der Waals surface area contributed by atoms with Gasteiger partial charge in [0.2, 0.25) is 0 Å². The number of halogens is 1. The molecular formula is C14H10FNO2. The maximum Gasteiger partial charge on any atom is 0.277 e. The summed E-state index contributed by atoms with van der Waals surface area (Å²) < 4.78 is 13.0. The standard InChI is InChI=1S/C14H10FNO2/c15-13-8-4-5-11(9-13)10-14(16(17)18)12-6-2-1-3-7-12/h1-10H/b14-10+. The molecule has 0 aromatic heterocycles. The van der Waals surface area contributed by atoms with E-state index in [0.29, 0.717) is 11.1 Å². The molecule has 0 aliphatic heterocycles. The van der Waals surface area contributed by atoms with Crippen LogP contribution < -0.4 is 0 Å². The number of rotatable bonds is 3. The smallest absolute Gasteiger partial charge is 0.258 e. The lowest BCUT2D eigenvalue weighted by Gasteiger charge is -1.99. The molecule has 0 amide bonds. The second-order valence-corrected chi connectivity index (χ2v) is 3.71. The lowest BCUT2D eigenvalue weighted by atomic mass is 10.1. The summed E-state index contributed by atoms with van der Waals surface area (Å²) in [6, 6.07) is 14.2. The maximum absolute atomic E-state index is 13.0. The summed E-state index contributed by atoms with van der Waals surface area (Å²) in [4.78, 5) is 10.6. The third-order valence-corrected chi connectivity index (χ3v) is 2.42. The molecule has 0 bridgehead atoms. The number of hydrogen-bond acceptors (Lipinski definition) is 2. The van der Waals surface area contributed by atoms with Crippen molar-refractivity contribution in [1.29, 1.82) is 0 Å². The van der Waals surface area contributed by atoms with Gasteiger partial charge in [0.15, 0.2) is 0 Å². The summed E-state index contributed by atoms with van der Waals surface area (Å²) in [6.45, 7) is 0.